The lowest BCUT2D eigenvalue weighted by atomic mass is 9.96. The molecule has 1 fully saturated rings. The highest BCUT2D eigenvalue weighted by atomic mass is 35.5. The van der Waals surface area contributed by atoms with E-state index in [1.807, 2.05) is 30.3 Å². The minimum Gasteiger partial charge on any atom is -0.505 e. The summed E-state index contributed by atoms with van der Waals surface area (Å²) >= 11 is 14.9. The minimum absolute atomic E-state index is 0.0395. The molecule has 1 atom stereocenters. The first-order valence-corrected chi connectivity index (χ1v) is 14.6. The van der Waals surface area contributed by atoms with E-state index in [2.05, 4.69) is 15.2 Å². The van der Waals surface area contributed by atoms with Crippen LogP contribution in [-0.4, -0.2) is 36.4 Å². The second-order valence-electron chi connectivity index (χ2n) is 8.93. The Labute approximate surface area is 246 Å². The fraction of sp³-hybridized carbons (Fsp3) is 0.107. The molecule has 2 aromatic carbocycles. The van der Waals surface area contributed by atoms with Gasteiger partial charge in [-0.2, -0.15) is 0 Å². The van der Waals surface area contributed by atoms with Crippen molar-refractivity contribution in [3.63, 3.8) is 0 Å². The summed E-state index contributed by atoms with van der Waals surface area (Å²) in [4.78, 5) is 32.8. The van der Waals surface area contributed by atoms with Gasteiger partial charge in [0.2, 0.25) is 5.13 Å². The Hall–Kier alpha value is -3.70. The number of fused-ring (bicyclic) bond motifs is 1. The number of anilines is 1. The van der Waals surface area contributed by atoms with Gasteiger partial charge in [-0.25, -0.2) is 4.98 Å². The van der Waals surface area contributed by atoms with Crippen LogP contribution in [0.25, 0.3) is 11.4 Å². The number of hydrogen-bond acceptors (Lipinski definition) is 8. The predicted octanol–water partition coefficient (Wildman–Crippen LogP) is 6.72. The average Bonchev–Trinajstić information content (AvgIpc) is 3.62. The van der Waals surface area contributed by atoms with Gasteiger partial charge in [0.15, 0.2) is 10.1 Å². The standard InChI is InChI=1S/C28H19Cl2N5O3S2/c1-15-22(34-12-6-5-9-20(34)31-15)24(36)21-23(16-7-3-2-4-8-16)35(26(38)25(21)37)27-32-33-28(40-27)39-14-17-10-11-18(29)13-19(17)30/h2-13,23,36H,14H2,1H3/b24-21+. The zero-order chi connectivity index (χ0) is 28.0. The van der Waals surface area contributed by atoms with Crippen molar-refractivity contribution in [2.75, 3.05) is 4.90 Å². The molecule has 8 nitrogen and oxygen atoms in total. The van der Waals surface area contributed by atoms with Crippen molar-refractivity contribution in [1.29, 1.82) is 0 Å². The number of hydrogen-bond donors (Lipinski definition) is 1. The third kappa shape index (κ3) is 4.66. The molecule has 0 saturated carbocycles. The average molecular weight is 609 g/mol. The second-order valence-corrected chi connectivity index (χ2v) is 12.0. The van der Waals surface area contributed by atoms with Crippen LogP contribution in [0.5, 0.6) is 0 Å². The van der Waals surface area contributed by atoms with Crippen LogP contribution in [0.3, 0.4) is 0 Å². The number of imidazole rings is 1. The zero-order valence-corrected chi connectivity index (χ0v) is 23.9. The number of benzene rings is 2. The van der Waals surface area contributed by atoms with Gasteiger partial charge >= 0.3 is 5.91 Å². The molecule has 1 saturated heterocycles. The summed E-state index contributed by atoms with van der Waals surface area (Å²) < 4.78 is 2.29. The van der Waals surface area contributed by atoms with Gasteiger partial charge in [-0.1, -0.05) is 88.8 Å². The molecule has 0 aliphatic carbocycles. The van der Waals surface area contributed by atoms with Crippen LogP contribution in [-0.2, 0) is 15.3 Å². The molecule has 12 heteroatoms. The SMILES string of the molecule is Cc1nc2ccccn2c1/C(O)=C1\C(=O)C(=O)N(c2nnc(SCc3ccc(Cl)cc3Cl)s2)C1c1ccccc1. The number of aromatic nitrogens is 4. The van der Waals surface area contributed by atoms with Gasteiger partial charge in [-0.05, 0) is 42.3 Å². The Morgan fingerprint density at radius 3 is 2.60 bits per heavy atom. The van der Waals surface area contributed by atoms with Crippen molar-refractivity contribution in [2.24, 2.45) is 0 Å². The van der Waals surface area contributed by atoms with Gasteiger partial charge in [-0.3, -0.25) is 18.9 Å². The van der Waals surface area contributed by atoms with Crippen molar-refractivity contribution >= 4 is 74.5 Å². The molecular weight excluding hydrogens is 589 g/mol. The number of aryl methyl sites for hydroxylation is 1. The van der Waals surface area contributed by atoms with Crippen LogP contribution >= 0.6 is 46.3 Å². The molecule has 5 aromatic rings. The lowest BCUT2D eigenvalue weighted by Gasteiger charge is -2.22. The molecule has 0 radical (unpaired) electrons. The molecule has 1 amide bonds. The molecular formula is C28H19Cl2N5O3S2. The van der Waals surface area contributed by atoms with Crippen LogP contribution in [0.2, 0.25) is 10.0 Å². The largest absolute Gasteiger partial charge is 0.505 e. The number of pyridine rings is 1. The Kier molecular flexibility index (Phi) is 7.09. The number of nitrogens with zero attached hydrogens (tertiary/aromatic N) is 5. The number of Topliss-reactive ketones (excluding diaryl/α,β-unsaturated/α-hetero) is 1. The Morgan fingerprint density at radius 1 is 1.05 bits per heavy atom. The molecule has 3 aromatic heterocycles. The molecule has 0 bridgehead atoms. The number of ketones is 1. The molecule has 0 spiro atoms. The zero-order valence-electron chi connectivity index (χ0n) is 20.8. The van der Waals surface area contributed by atoms with Gasteiger partial charge in [0.05, 0.1) is 17.3 Å². The number of rotatable bonds is 6. The molecule has 1 N–H and O–H groups in total. The maximum Gasteiger partial charge on any atom is 0.301 e. The fourth-order valence-corrected chi connectivity index (χ4v) is 7.07. The van der Waals surface area contributed by atoms with Crippen LogP contribution in [0.4, 0.5) is 5.13 Å². The summed E-state index contributed by atoms with van der Waals surface area (Å²) in [5, 5.41) is 21.4. The third-order valence-electron chi connectivity index (χ3n) is 6.46. The van der Waals surface area contributed by atoms with Crippen LogP contribution in [0.1, 0.15) is 28.6 Å². The summed E-state index contributed by atoms with van der Waals surface area (Å²) in [6.07, 6.45) is 1.75. The van der Waals surface area contributed by atoms with Crippen LogP contribution < -0.4 is 4.90 Å². The predicted molar refractivity (Wildman–Crippen MR) is 157 cm³/mol. The molecule has 4 heterocycles. The number of aliphatic hydroxyl groups is 1. The lowest BCUT2D eigenvalue weighted by molar-refractivity contribution is -0.132. The van der Waals surface area contributed by atoms with E-state index in [-0.39, 0.29) is 16.5 Å². The Morgan fingerprint density at radius 2 is 1.82 bits per heavy atom. The first kappa shape index (κ1) is 26.5. The van der Waals surface area contributed by atoms with Gasteiger partial charge in [0.25, 0.3) is 5.78 Å². The number of carbonyl (C=O) groups is 2. The third-order valence-corrected chi connectivity index (χ3v) is 9.15. The summed E-state index contributed by atoms with van der Waals surface area (Å²) in [6.45, 7) is 1.75. The lowest BCUT2D eigenvalue weighted by Crippen LogP contribution is -2.29. The normalized spacial score (nSPS) is 16.8. The van der Waals surface area contributed by atoms with Gasteiger partial charge in [0, 0.05) is 22.0 Å². The highest BCUT2D eigenvalue weighted by Crippen LogP contribution is 2.44. The van der Waals surface area contributed by atoms with E-state index in [1.54, 1.807) is 53.9 Å². The van der Waals surface area contributed by atoms with E-state index in [0.717, 1.165) is 5.56 Å². The smallest absolute Gasteiger partial charge is 0.301 e. The highest BCUT2D eigenvalue weighted by Gasteiger charge is 2.48. The minimum atomic E-state index is -0.911. The quantitative estimate of drug-likeness (QED) is 0.0751. The molecule has 1 aliphatic heterocycles. The maximum absolute atomic E-state index is 13.5. The number of aliphatic hydroxyl groups excluding tert-OH is 1. The number of halogens is 2. The van der Waals surface area contributed by atoms with Crippen molar-refractivity contribution in [3.8, 4) is 0 Å². The monoisotopic (exact) mass is 607 g/mol. The summed E-state index contributed by atoms with van der Waals surface area (Å²) in [6, 6.07) is 18.9. The topological polar surface area (TPSA) is 101 Å². The second kappa shape index (κ2) is 10.7. The van der Waals surface area contributed by atoms with E-state index in [4.69, 9.17) is 23.2 Å². The number of thioether (sulfide) groups is 1. The van der Waals surface area contributed by atoms with Crippen LogP contribution in [0.15, 0.2) is 82.8 Å². The van der Waals surface area contributed by atoms with Crippen molar-refractivity contribution in [2.45, 2.75) is 23.1 Å². The van der Waals surface area contributed by atoms with Crippen molar-refractivity contribution in [3.05, 3.63) is 111 Å². The summed E-state index contributed by atoms with van der Waals surface area (Å²) in [5.74, 6) is -1.40. The van der Waals surface area contributed by atoms with Crippen molar-refractivity contribution in [1.82, 2.24) is 19.6 Å². The first-order valence-electron chi connectivity index (χ1n) is 12.0. The summed E-state index contributed by atoms with van der Waals surface area (Å²) in [7, 11) is 0. The van der Waals surface area contributed by atoms with E-state index in [0.29, 0.717) is 42.7 Å². The number of amides is 1. The summed E-state index contributed by atoms with van der Waals surface area (Å²) in [5.41, 5.74) is 2.97. The van der Waals surface area contributed by atoms with Gasteiger partial charge < -0.3 is 5.11 Å². The van der Waals surface area contributed by atoms with E-state index in [1.165, 1.54) is 28.0 Å². The highest BCUT2D eigenvalue weighted by molar-refractivity contribution is 8.00. The molecule has 1 unspecified atom stereocenters. The van der Waals surface area contributed by atoms with Crippen LogP contribution in [0, 0.1) is 6.92 Å². The number of carbonyl (C=O) groups excluding carboxylic acids is 2. The van der Waals surface area contributed by atoms with Gasteiger partial charge in [0.1, 0.15) is 11.3 Å². The Bertz CT molecular complexity index is 1820. The first-order chi connectivity index (χ1) is 19.3. The van der Waals surface area contributed by atoms with E-state index < -0.39 is 17.7 Å². The van der Waals surface area contributed by atoms with Gasteiger partial charge in [-0.15, -0.1) is 10.2 Å². The van der Waals surface area contributed by atoms with E-state index >= 15 is 0 Å². The molecule has 1 aliphatic rings. The fourth-order valence-electron chi connectivity index (χ4n) is 4.64. The molecule has 6 rings (SSSR count). The van der Waals surface area contributed by atoms with E-state index in [9.17, 15) is 14.7 Å². The molecule has 40 heavy (non-hydrogen) atoms. The Balaban J connectivity index is 1.41. The molecule has 200 valence electrons. The maximum atomic E-state index is 13.5. The van der Waals surface area contributed by atoms with Crippen molar-refractivity contribution < 1.29 is 14.7 Å².